The van der Waals surface area contributed by atoms with Crippen LogP contribution < -0.4 is 11.4 Å². The van der Waals surface area contributed by atoms with E-state index in [2.05, 4.69) is 72.7 Å². The van der Waals surface area contributed by atoms with Crippen LogP contribution in [0.5, 0.6) is 0 Å². The van der Waals surface area contributed by atoms with E-state index in [0.717, 1.165) is 0 Å². The summed E-state index contributed by atoms with van der Waals surface area (Å²) in [7, 11) is -4.09. The number of nitriles is 1. The van der Waals surface area contributed by atoms with Crippen molar-refractivity contribution in [2.24, 2.45) is 5.73 Å². The van der Waals surface area contributed by atoms with Gasteiger partial charge in [-0.25, -0.2) is 4.79 Å². The summed E-state index contributed by atoms with van der Waals surface area (Å²) in [6.45, 7) is 24.2. The largest absolute Gasteiger partial charge is 0.414 e. The first kappa shape index (κ1) is 29.5. The molecule has 0 bridgehead atoms. The summed E-state index contributed by atoms with van der Waals surface area (Å²) >= 11 is 0. The second-order valence-electron chi connectivity index (χ2n) is 12.5. The van der Waals surface area contributed by atoms with Gasteiger partial charge in [-0.05, 0) is 49.3 Å². The van der Waals surface area contributed by atoms with E-state index < -0.39 is 28.6 Å². The molecule has 0 aromatic carbocycles. The van der Waals surface area contributed by atoms with E-state index in [1.165, 1.54) is 4.57 Å². The Morgan fingerprint density at radius 2 is 1.77 bits per heavy atom. The fourth-order valence-corrected chi connectivity index (χ4v) is 5.70. The molecule has 0 unspecified atom stereocenters. The molecule has 0 spiro atoms. The quantitative estimate of drug-likeness (QED) is 0.390. The fourth-order valence-electron chi connectivity index (χ4n) is 3.33. The number of hydrogen-bond acceptors (Lipinski definition) is 7. The molecule has 0 saturated carbocycles. The molecular formula is C25H44N4O4Si2. The normalized spacial score (nSPS) is 22.6. The lowest BCUT2D eigenvalue weighted by Crippen LogP contribution is -2.48. The van der Waals surface area contributed by atoms with E-state index in [-0.39, 0.29) is 33.6 Å². The molecule has 35 heavy (non-hydrogen) atoms. The smallest absolute Gasteiger partial charge is 0.350 e. The van der Waals surface area contributed by atoms with Crippen LogP contribution in [0.1, 0.15) is 66.8 Å². The monoisotopic (exact) mass is 520 g/mol. The van der Waals surface area contributed by atoms with Gasteiger partial charge in [0.1, 0.15) is 18.4 Å². The second-order valence-corrected chi connectivity index (χ2v) is 22.1. The van der Waals surface area contributed by atoms with Gasteiger partial charge in [-0.15, -0.1) is 0 Å². The van der Waals surface area contributed by atoms with Crippen LogP contribution in [0.4, 0.5) is 0 Å². The molecule has 1 fully saturated rings. The van der Waals surface area contributed by atoms with Gasteiger partial charge < -0.3 is 19.3 Å². The number of ether oxygens (including phenoxy) is 1. The van der Waals surface area contributed by atoms with Crippen LogP contribution >= 0.6 is 0 Å². The third-order valence-electron chi connectivity index (χ3n) is 7.75. The number of nitrogens with zero attached hydrogens (tertiary/aromatic N) is 3. The lowest BCUT2D eigenvalue weighted by molar-refractivity contribution is -0.0412. The minimum Gasteiger partial charge on any atom is -0.414 e. The summed E-state index contributed by atoms with van der Waals surface area (Å²) in [6.07, 6.45) is 1.13. The van der Waals surface area contributed by atoms with Gasteiger partial charge in [-0.2, -0.15) is 10.2 Å². The van der Waals surface area contributed by atoms with Crippen LogP contribution in [0.15, 0.2) is 22.8 Å². The lowest BCUT2D eigenvalue weighted by Gasteiger charge is -2.40. The topological polar surface area (TPSA) is 112 Å². The van der Waals surface area contributed by atoms with Crippen LogP contribution in [0.25, 0.3) is 5.57 Å². The first-order chi connectivity index (χ1) is 15.8. The molecule has 1 aromatic rings. The van der Waals surface area contributed by atoms with Gasteiger partial charge in [0.05, 0.1) is 24.0 Å². The minimum atomic E-state index is -2.09. The molecule has 2 rings (SSSR count). The molecule has 8 nitrogen and oxygen atoms in total. The summed E-state index contributed by atoms with van der Waals surface area (Å²) in [6, 6.07) is 3.64. The van der Waals surface area contributed by atoms with Gasteiger partial charge in [-0.1, -0.05) is 41.5 Å². The highest BCUT2D eigenvalue weighted by Gasteiger charge is 2.46. The summed E-state index contributed by atoms with van der Waals surface area (Å²) in [4.78, 5) is 17.0. The molecule has 196 valence electrons. The highest BCUT2D eigenvalue weighted by molar-refractivity contribution is 6.74. The Balaban J connectivity index is 2.36. The van der Waals surface area contributed by atoms with Crippen LogP contribution in [0, 0.1) is 11.3 Å². The van der Waals surface area contributed by atoms with E-state index in [1.807, 2.05) is 6.07 Å². The molecule has 2 heterocycles. The Morgan fingerprint density at radius 1 is 1.20 bits per heavy atom. The first-order valence-corrected chi connectivity index (χ1v) is 18.1. The van der Waals surface area contributed by atoms with E-state index in [1.54, 1.807) is 19.2 Å². The minimum absolute atomic E-state index is 0.0378. The van der Waals surface area contributed by atoms with Crippen molar-refractivity contribution in [2.75, 3.05) is 6.61 Å². The molecule has 1 aliphatic rings. The molecule has 2 N–H and O–H groups in total. The molecule has 3 atom stereocenters. The molecule has 1 aliphatic heterocycles. The van der Waals surface area contributed by atoms with Crippen molar-refractivity contribution in [3.8, 4) is 6.07 Å². The van der Waals surface area contributed by atoms with Crippen LogP contribution in [0.3, 0.4) is 0 Å². The zero-order chi connectivity index (χ0) is 27.0. The molecular weight excluding hydrogens is 476 g/mol. The highest BCUT2D eigenvalue weighted by atomic mass is 28.4. The SMILES string of the molecule is C/C(N)=C(\C#N)c1ccn([C@H]2C[C@H](O[Si](C)(C)C(C)(C)C)[C@@H](CO[Si](C)(C)C(C)(C)C)O2)c(=O)n1. The maximum Gasteiger partial charge on any atom is 0.350 e. The standard InChI is InChI=1S/C25H44N4O4Si2/c1-17(27)18(15-26)19-12-13-29(23(30)28-19)22-14-20(33-35(10,11)25(5,6)7)21(32-22)16-31-34(8,9)24(2,3)4/h12-13,20-22H,14,16,27H2,1-11H3/b18-17-/t20-,21+,22+/m0/s1. The Morgan fingerprint density at radius 3 is 2.23 bits per heavy atom. The zero-order valence-corrected chi connectivity index (χ0v) is 25.4. The maximum atomic E-state index is 12.9. The summed E-state index contributed by atoms with van der Waals surface area (Å²) < 4.78 is 21.1. The van der Waals surface area contributed by atoms with Crippen molar-refractivity contribution in [2.45, 2.75) is 110 Å². The first-order valence-electron chi connectivity index (χ1n) is 12.2. The number of hydrogen-bond donors (Lipinski definition) is 1. The summed E-state index contributed by atoms with van der Waals surface area (Å²) in [5, 5.41) is 9.47. The van der Waals surface area contributed by atoms with E-state index in [0.29, 0.717) is 18.7 Å². The van der Waals surface area contributed by atoms with Crippen molar-refractivity contribution in [1.82, 2.24) is 9.55 Å². The van der Waals surface area contributed by atoms with Crippen molar-refractivity contribution < 1.29 is 13.6 Å². The number of aromatic nitrogens is 2. The third-order valence-corrected chi connectivity index (χ3v) is 16.8. The Hall–Kier alpha value is -1.78. The average molecular weight is 521 g/mol. The predicted octanol–water partition coefficient (Wildman–Crippen LogP) is 5.16. The number of rotatable bonds is 7. The Kier molecular flexibility index (Phi) is 8.67. The molecule has 0 aliphatic carbocycles. The maximum absolute atomic E-state index is 12.9. The summed E-state index contributed by atoms with van der Waals surface area (Å²) in [5.41, 5.74) is 6.07. The zero-order valence-electron chi connectivity index (χ0n) is 23.4. The lowest BCUT2D eigenvalue weighted by atomic mass is 10.1. The molecule has 0 radical (unpaired) electrons. The van der Waals surface area contributed by atoms with Gasteiger partial charge in [-0.3, -0.25) is 4.57 Å². The van der Waals surface area contributed by atoms with Crippen molar-refractivity contribution in [1.29, 1.82) is 5.26 Å². The van der Waals surface area contributed by atoms with Crippen LogP contribution in [-0.4, -0.2) is 45.0 Å². The summed E-state index contributed by atoms with van der Waals surface area (Å²) in [5.74, 6) is 0. The van der Waals surface area contributed by atoms with E-state index in [4.69, 9.17) is 19.3 Å². The molecule has 1 aromatic heterocycles. The number of nitrogens with two attached hydrogens (primary N) is 1. The Bertz CT molecular complexity index is 1040. The van der Waals surface area contributed by atoms with Gasteiger partial charge in [0.2, 0.25) is 0 Å². The number of allylic oxidation sites excluding steroid dienone is 2. The van der Waals surface area contributed by atoms with Crippen LogP contribution in [-0.2, 0) is 13.6 Å². The Labute approximate surface area is 212 Å². The van der Waals surface area contributed by atoms with Gasteiger partial charge in [0.15, 0.2) is 16.6 Å². The second kappa shape index (κ2) is 10.3. The fraction of sp³-hybridized carbons (Fsp3) is 0.720. The predicted molar refractivity (Wildman–Crippen MR) is 145 cm³/mol. The van der Waals surface area contributed by atoms with Crippen LogP contribution in [0.2, 0.25) is 36.3 Å². The average Bonchev–Trinajstić information content (AvgIpc) is 3.06. The van der Waals surface area contributed by atoms with Crippen molar-refractivity contribution in [3.05, 3.63) is 34.1 Å². The molecule has 10 heteroatoms. The van der Waals surface area contributed by atoms with Crippen molar-refractivity contribution >= 4 is 22.2 Å². The van der Waals surface area contributed by atoms with Gasteiger partial charge >= 0.3 is 5.69 Å². The van der Waals surface area contributed by atoms with E-state index in [9.17, 15) is 10.1 Å². The molecule has 0 amide bonds. The van der Waals surface area contributed by atoms with Gasteiger partial charge in [0.25, 0.3) is 0 Å². The van der Waals surface area contributed by atoms with Crippen molar-refractivity contribution in [3.63, 3.8) is 0 Å². The van der Waals surface area contributed by atoms with Gasteiger partial charge in [0, 0.05) is 18.3 Å². The highest BCUT2D eigenvalue weighted by Crippen LogP contribution is 2.42. The third kappa shape index (κ3) is 6.71. The van der Waals surface area contributed by atoms with E-state index >= 15 is 0 Å². The molecule has 1 saturated heterocycles.